The van der Waals surface area contributed by atoms with Crippen LogP contribution in [0.3, 0.4) is 0 Å². The van der Waals surface area contributed by atoms with Gasteiger partial charge < -0.3 is 0 Å². The molecule has 1 aromatic heterocycles. The topological polar surface area (TPSA) is 66.5 Å². The van der Waals surface area contributed by atoms with Crippen molar-refractivity contribution in [1.29, 1.82) is 0 Å². The highest BCUT2D eigenvalue weighted by molar-refractivity contribution is 7.08. The molecule has 2 saturated carbocycles. The lowest BCUT2D eigenvalue weighted by atomic mass is 9.63. The first-order chi connectivity index (χ1) is 10.7. The van der Waals surface area contributed by atoms with Gasteiger partial charge in [-0.05, 0) is 41.5 Å². The molecule has 2 bridgehead atoms. The lowest BCUT2D eigenvalue weighted by molar-refractivity contribution is -0.143. The van der Waals surface area contributed by atoms with Crippen LogP contribution in [0.25, 0.3) is 0 Å². The van der Waals surface area contributed by atoms with Crippen LogP contribution in [0.1, 0.15) is 16.8 Å². The Hall–Kier alpha value is -1.95. The molecule has 6 rings (SSSR count). The van der Waals surface area contributed by atoms with Gasteiger partial charge >= 0.3 is 0 Å². The highest BCUT2D eigenvalue weighted by Crippen LogP contribution is 2.65. The minimum absolute atomic E-state index is 0.180. The molecular formula is C16H14N2O3S. The molecule has 0 spiro atoms. The van der Waals surface area contributed by atoms with Crippen LogP contribution >= 0.6 is 11.3 Å². The maximum atomic E-state index is 12.7. The second-order valence-corrected chi connectivity index (χ2v) is 7.40. The minimum Gasteiger partial charge on any atom is -0.272 e. The number of hydrogen-bond donors (Lipinski definition) is 1. The van der Waals surface area contributed by atoms with Gasteiger partial charge in [0.15, 0.2) is 0 Å². The molecule has 1 saturated heterocycles. The summed E-state index contributed by atoms with van der Waals surface area (Å²) >= 11 is 1.41. The SMILES string of the molecule is O=C(NN1C(=O)[C@@H]2C3C=CC(C4CC43)[C@@H]2C1=O)c1ccsc1. The van der Waals surface area contributed by atoms with Crippen molar-refractivity contribution >= 4 is 29.1 Å². The predicted octanol–water partition coefficient (Wildman–Crippen LogP) is 1.45. The van der Waals surface area contributed by atoms with E-state index in [0.717, 1.165) is 11.4 Å². The molecule has 0 aromatic carbocycles. The van der Waals surface area contributed by atoms with Crippen molar-refractivity contribution in [1.82, 2.24) is 10.4 Å². The van der Waals surface area contributed by atoms with Gasteiger partial charge in [0.1, 0.15) is 0 Å². The van der Waals surface area contributed by atoms with E-state index in [9.17, 15) is 14.4 Å². The number of imide groups is 1. The quantitative estimate of drug-likeness (QED) is 0.663. The standard InChI is InChI=1S/C16H14N2O3S/c19-14(7-3-4-22-6-7)17-18-15(20)12-8-1-2-9(11-5-10(8)11)13(12)16(18)21/h1-4,6,8-13H,5H2,(H,17,19)/t8?,9?,10?,11?,12-,13+. The minimum atomic E-state index is -0.396. The lowest BCUT2D eigenvalue weighted by Gasteiger charge is -2.37. The number of amides is 3. The van der Waals surface area contributed by atoms with Gasteiger partial charge in [0.2, 0.25) is 0 Å². The summed E-state index contributed by atoms with van der Waals surface area (Å²) in [5, 5.41) is 4.47. The van der Waals surface area contributed by atoms with Crippen LogP contribution in [0, 0.1) is 35.5 Å². The van der Waals surface area contributed by atoms with Gasteiger partial charge in [-0.2, -0.15) is 16.3 Å². The number of hydrazine groups is 1. The molecule has 4 aliphatic carbocycles. The van der Waals surface area contributed by atoms with Gasteiger partial charge in [-0.1, -0.05) is 12.2 Å². The second-order valence-electron chi connectivity index (χ2n) is 6.62. The van der Waals surface area contributed by atoms with E-state index in [1.54, 1.807) is 16.8 Å². The zero-order valence-corrected chi connectivity index (χ0v) is 12.5. The summed E-state index contributed by atoms with van der Waals surface area (Å²) in [6, 6.07) is 1.68. The Morgan fingerprint density at radius 3 is 2.32 bits per heavy atom. The van der Waals surface area contributed by atoms with E-state index in [2.05, 4.69) is 17.6 Å². The molecule has 22 heavy (non-hydrogen) atoms. The number of nitrogens with one attached hydrogen (secondary N) is 1. The molecule has 1 N–H and O–H groups in total. The van der Waals surface area contributed by atoms with Gasteiger partial charge in [-0.25, -0.2) is 0 Å². The zero-order chi connectivity index (χ0) is 15.0. The maximum Gasteiger partial charge on any atom is 0.271 e. The lowest BCUT2D eigenvalue weighted by Crippen LogP contribution is -2.46. The third-order valence-electron chi connectivity index (χ3n) is 5.66. The molecule has 2 heterocycles. The smallest absolute Gasteiger partial charge is 0.271 e. The summed E-state index contributed by atoms with van der Waals surface area (Å²) < 4.78 is 0. The van der Waals surface area contributed by atoms with Crippen LogP contribution in [0.2, 0.25) is 0 Å². The Balaban J connectivity index is 1.44. The molecule has 6 atom stereocenters. The summed E-state index contributed by atoms with van der Waals surface area (Å²) in [4.78, 5) is 37.5. The Morgan fingerprint density at radius 1 is 1.14 bits per heavy atom. The Morgan fingerprint density at radius 2 is 1.77 bits per heavy atom. The van der Waals surface area contributed by atoms with Crippen molar-refractivity contribution in [3.8, 4) is 0 Å². The number of nitrogens with zero attached hydrogens (tertiary/aromatic N) is 1. The van der Waals surface area contributed by atoms with Crippen LogP contribution in [0.5, 0.6) is 0 Å². The van der Waals surface area contributed by atoms with Gasteiger partial charge in [0, 0.05) is 5.38 Å². The van der Waals surface area contributed by atoms with E-state index in [1.165, 1.54) is 11.3 Å². The predicted molar refractivity (Wildman–Crippen MR) is 78.3 cm³/mol. The van der Waals surface area contributed by atoms with Crippen LogP contribution in [0.4, 0.5) is 0 Å². The zero-order valence-electron chi connectivity index (χ0n) is 11.6. The third kappa shape index (κ3) is 1.46. The molecule has 3 fully saturated rings. The second kappa shape index (κ2) is 4.07. The molecule has 112 valence electrons. The van der Waals surface area contributed by atoms with Crippen molar-refractivity contribution in [2.75, 3.05) is 0 Å². The highest BCUT2D eigenvalue weighted by atomic mass is 32.1. The number of hydrogen-bond acceptors (Lipinski definition) is 4. The van der Waals surface area contributed by atoms with E-state index < -0.39 is 5.91 Å². The molecule has 6 heteroatoms. The molecule has 3 amide bonds. The van der Waals surface area contributed by atoms with Gasteiger partial charge in [0.25, 0.3) is 17.7 Å². The summed E-state index contributed by atoms with van der Waals surface area (Å²) in [6.07, 6.45) is 5.38. The first-order valence-corrected chi connectivity index (χ1v) is 8.50. The summed E-state index contributed by atoms with van der Waals surface area (Å²) in [5.74, 6) is 0.0988. The van der Waals surface area contributed by atoms with E-state index in [1.807, 2.05) is 0 Å². The first kappa shape index (κ1) is 12.6. The Labute approximate surface area is 131 Å². The van der Waals surface area contributed by atoms with E-state index >= 15 is 0 Å². The number of carbonyl (C=O) groups is 3. The van der Waals surface area contributed by atoms with Gasteiger partial charge in [-0.3, -0.25) is 19.8 Å². The largest absolute Gasteiger partial charge is 0.272 e. The molecule has 4 unspecified atom stereocenters. The van der Waals surface area contributed by atoms with Gasteiger partial charge in [0.05, 0.1) is 17.4 Å². The van der Waals surface area contributed by atoms with Crippen molar-refractivity contribution < 1.29 is 14.4 Å². The summed E-state index contributed by atoms with van der Waals surface area (Å²) in [5.41, 5.74) is 2.99. The fraction of sp³-hybridized carbons (Fsp3) is 0.438. The fourth-order valence-electron chi connectivity index (χ4n) is 4.63. The molecule has 5 aliphatic rings. The summed E-state index contributed by atoms with van der Waals surface area (Å²) in [7, 11) is 0. The highest BCUT2D eigenvalue weighted by Gasteiger charge is 2.67. The average Bonchev–Trinajstić information content (AvgIpc) is 3.11. The van der Waals surface area contributed by atoms with E-state index in [4.69, 9.17) is 0 Å². The molecule has 1 aliphatic heterocycles. The first-order valence-electron chi connectivity index (χ1n) is 7.56. The van der Waals surface area contributed by atoms with E-state index in [-0.39, 0.29) is 35.5 Å². The normalized spacial score (nSPS) is 40.6. The van der Waals surface area contributed by atoms with Crippen molar-refractivity contribution in [2.24, 2.45) is 35.5 Å². The molecule has 1 aromatic rings. The van der Waals surface area contributed by atoms with Crippen LogP contribution < -0.4 is 5.43 Å². The molecular weight excluding hydrogens is 300 g/mol. The van der Waals surface area contributed by atoms with Crippen LogP contribution in [-0.4, -0.2) is 22.7 Å². The fourth-order valence-corrected chi connectivity index (χ4v) is 5.26. The number of carbonyl (C=O) groups excluding carboxylic acids is 3. The third-order valence-corrected chi connectivity index (χ3v) is 6.34. The van der Waals surface area contributed by atoms with Crippen LogP contribution in [0.15, 0.2) is 29.0 Å². The molecule has 0 radical (unpaired) electrons. The maximum absolute atomic E-state index is 12.7. The van der Waals surface area contributed by atoms with E-state index in [0.29, 0.717) is 17.4 Å². The van der Waals surface area contributed by atoms with Crippen LogP contribution in [-0.2, 0) is 9.59 Å². The average molecular weight is 314 g/mol. The monoisotopic (exact) mass is 314 g/mol. The Bertz CT molecular complexity index is 690. The van der Waals surface area contributed by atoms with Crippen molar-refractivity contribution in [3.63, 3.8) is 0 Å². The van der Waals surface area contributed by atoms with Gasteiger partial charge in [-0.15, -0.1) is 0 Å². The number of allylic oxidation sites excluding steroid dienone is 2. The number of thiophene rings is 1. The number of rotatable bonds is 2. The Kier molecular flexibility index (Phi) is 2.33. The molecule has 5 nitrogen and oxygen atoms in total. The van der Waals surface area contributed by atoms with Crippen molar-refractivity contribution in [2.45, 2.75) is 6.42 Å². The van der Waals surface area contributed by atoms with Crippen molar-refractivity contribution in [3.05, 3.63) is 34.5 Å². The summed E-state index contributed by atoms with van der Waals surface area (Å²) in [6.45, 7) is 0.